The minimum Gasteiger partial charge on any atom is -0.462 e. The number of carbonyl (C=O) groups excluding carboxylic acids is 1. The molecule has 0 bridgehead atoms. The van der Waals surface area contributed by atoms with E-state index in [0.29, 0.717) is 12.2 Å². The standard InChI is InChI=1S/C12H15BrO2/c1-3-4-5-15-12(14)10-6-9(2)7-11(13)8-10/h6-8H,3-5H2,1-2H3. The zero-order valence-electron chi connectivity index (χ0n) is 9.05. The molecule has 0 radical (unpaired) electrons. The van der Waals surface area contributed by atoms with Crippen molar-refractivity contribution in [2.75, 3.05) is 6.61 Å². The van der Waals surface area contributed by atoms with E-state index in [-0.39, 0.29) is 5.97 Å². The summed E-state index contributed by atoms with van der Waals surface area (Å²) in [5.74, 6) is -0.243. The normalized spacial score (nSPS) is 10.1. The van der Waals surface area contributed by atoms with E-state index in [1.165, 1.54) is 0 Å². The van der Waals surface area contributed by atoms with E-state index in [0.717, 1.165) is 22.9 Å². The van der Waals surface area contributed by atoms with Crippen LogP contribution >= 0.6 is 15.9 Å². The van der Waals surface area contributed by atoms with Crippen molar-refractivity contribution in [1.82, 2.24) is 0 Å². The van der Waals surface area contributed by atoms with E-state index in [4.69, 9.17) is 4.74 Å². The van der Waals surface area contributed by atoms with Gasteiger partial charge in [0.2, 0.25) is 0 Å². The Morgan fingerprint density at radius 3 is 2.73 bits per heavy atom. The summed E-state index contributed by atoms with van der Waals surface area (Å²) in [5, 5.41) is 0. The van der Waals surface area contributed by atoms with Crippen molar-refractivity contribution in [3.63, 3.8) is 0 Å². The van der Waals surface area contributed by atoms with Crippen LogP contribution in [0.5, 0.6) is 0 Å². The van der Waals surface area contributed by atoms with Gasteiger partial charge >= 0.3 is 5.97 Å². The molecular formula is C12H15BrO2. The number of aryl methyl sites for hydroxylation is 1. The Hall–Kier alpha value is -0.830. The first-order chi connectivity index (χ1) is 7.13. The Balaban J connectivity index is 2.65. The van der Waals surface area contributed by atoms with Gasteiger partial charge in [-0.25, -0.2) is 4.79 Å². The number of esters is 1. The first-order valence-electron chi connectivity index (χ1n) is 5.08. The summed E-state index contributed by atoms with van der Waals surface area (Å²) in [5.41, 5.74) is 1.66. The van der Waals surface area contributed by atoms with Crippen LogP contribution < -0.4 is 0 Å². The lowest BCUT2D eigenvalue weighted by Crippen LogP contribution is -2.06. The number of rotatable bonds is 4. The van der Waals surface area contributed by atoms with Gasteiger partial charge < -0.3 is 4.74 Å². The number of benzene rings is 1. The quantitative estimate of drug-likeness (QED) is 0.616. The summed E-state index contributed by atoms with van der Waals surface area (Å²) < 4.78 is 6.03. The molecule has 0 aliphatic rings. The molecule has 0 saturated carbocycles. The average molecular weight is 271 g/mol. The topological polar surface area (TPSA) is 26.3 Å². The average Bonchev–Trinajstić information content (AvgIpc) is 2.16. The molecule has 15 heavy (non-hydrogen) atoms. The maximum atomic E-state index is 11.6. The van der Waals surface area contributed by atoms with Gasteiger partial charge in [0, 0.05) is 4.47 Å². The zero-order valence-corrected chi connectivity index (χ0v) is 10.6. The molecule has 3 heteroatoms. The van der Waals surface area contributed by atoms with E-state index in [2.05, 4.69) is 22.9 Å². The monoisotopic (exact) mass is 270 g/mol. The SMILES string of the molecule is CCCCOC(=O)c1cc(C)cc(Br)c1. The van der Waals surface area contributed by atoms with Crippen molar-refractivity contribution in [3.8, 4) is 0 Å². The van der Waals surface area contributed by atoms with Crippen LogP contribution in [0.15, 0.2) is 22.7 Å². The van der Waals surface area contributed by atoms with Crippen LogP contribution in [0.4, 0.5) is 0 Å². The minimum atomic E-state index is -0.243. The van der Waals surface area contributed by atoms with Crippen LogP contribution in [0, 0.1) is 6.92 Å². The molecule has 0 unspecified atom stereocenters. The van der Waals surface area contributed by atoms with E-state index in [1.54, 1.807) is 6.07 Å². The van der Waals surface area contributed by atoms with Gasteiger partial charge in [-0.1, -0.05) is 29.3 Å². The molecule has 2 nitrogen and oxygen atoms in total. The number of carbonyl (C=O) groups is 1. The lowest BCUT2D eigenvalue weighted by molar-refractivity contribution is 0.0499. The van der Waals surface area contributed by atoms with Gasteiger partial charge in [-0.05, 0) is 37.1 Å². The van der Waals surface area contributed by atoms with Crippen molar-refractivity contribution < 1.29 is 9.53 Å². The predicted molar refractivity (Wildman–Crippen MR) is 64.1 cm³/mol. The number of unbranched alkanes of at least 4 members (excludes halogenated alkanes) is 1. The van der Waals surface area contributed by atoms with Gasteiger partial charge in [0.15, 0.2) is 0 Å². The van der Waals surface area contributed by atoms with Gasteiger partial charge in [-0.3, -0.25) is 0 Å². The van der Waals surface area contributed by atoms with Crippen LogP contribution in [0.2, 0.25) is 0 Å². The predicted octanol–water partition coefficient (Wildman–Crippen LogP) is 3.71. The van der Waals surface area contributed by atoms with Crippen molar-refractivity contribution in [1.29, 1.82) is 0 Å². The second kappa shape index (κ2) is 5.91. The molecule has 0 spiro atoms. The number of hydrogen-bond acceptors (Lipinski definition) is 2. The Bertz CT molecular complexity index is 327. The van der Waals surface area contributed by atoms with E-state index in [9.17, 15) is 4.79 Å². The number of halogens is 1. The molecule has 1 rings (SSSR count). The van der Waals surface area contributed by atoms with Gasteiger partial charge in [0.05, 0.1) is 12.2 Å². The van der Waals surface area contributed by atoms with Crippen molar-refractivity contribution in [2.24, 2.45) is 0 Å². The fourth-order valence-electron chi connectivity index (χ4n) is 1.25. The third kappa shape index (κ3) is 4.04. The van der Waals surface area contributed by atoms with E-state index in [1.807, 2.05) is 19.1 Å². The largest absolute Gasteiger partial charge is 0.462 e. The molecule has 0 aromatic heterocycles. The molecule has 1 aromatic carbocycles. The highest BCUT2D eigenvalue weighted by molar-refractivity contribution is 9.10. The molecule has 0 heterocycles. The van der Waals surface area contributed by atoms with Gasteiger partial charge in [-0.2, -0.15) is 0 Å². The molecule has 82 valence electrons. The summed E-state index contributed by atoms with van der Waals surface area (Å²) in [7, 11) is 0. The molecule has 0 aliphatic carbocycles. The van der Waals surface area contributed by atoms with Crippen LogP contribution in [0.3, 0.4) is 0 Å². The van der Waals surface area contributed by atoms with Crippen molar-refractivity contribution >= 4 is 21.9 Å². The molecule has 0 fully saturated rings. The first-order valence-corrected chi connectivity index (χ1v) is 5.87. The maximum absolute atomic E-state index is 11.6. The molecule has 0 atom stereocenters. The first kappa shape index (κ1) is 12.2. The minimum absolute atomic E-state index is 0.243. The third-order valence-corrected chi connectivity index (χ3v) is 2.47. The van der Waals surface area contributed by atoms with Crippen LogP contribution in [-0.4, -0.2) is 12.6 Å². The Morgan fingerprint density at radius 1 is 1.40 bits per heavy atom. The van der Waals surface area contributed by atoms with E-state index < -0.39 is 0 Å². The lowest BCUT2D eigenvalue weighted by Gasteiger charge is -2.05. The number of hydrogen-bond donors (Lipinski definition) is 0. The van der Waals surface area contributed by atoms with Crippen LogP contribution in [0.1, 0.15) is 35.7 Å². The van der Waals surface area contributed by atoms with Gasteiger partial charge in [0.1, 0.15) is 0 Å². The van der Waals surface area contributed by atoms with Crippen molar-refractivity contribution in [2.45, 2.75) is 26.7 Å². The van der Waals surface area contributed by atoms with Gasteiger partial charge in [0.25, 0.3) is 0 Å². The summed E-state index contributed by atoms with van der Waals surface area (Å²) in [6, 6.07) is 5.57. The smallest absolute Gasteiger partial charge is 0.338 e. The summed E-state index contributed by atoms with van der Waals surface area (Å²) in [6.07, 6.45) is 1.95. The Morgan fingerprint density at radius 2 is 2.13 bits per heavy atom. The summed E-state index contributed by atoms with van der Waals surface area (Å²) >= 11 is 3.36. The van der Waals surface area contributed by atoms with Crippen molar-refractivity contribution in [3.05, 3.63) is 33.8 Å². The molecule has 0 aliphatic heterocycles. The van der Waals surface area contributed by atoms with E-state index >= 15 is 0 Å². The van der Waals surface area contributed by atoms with Crippen LogP contribution in [-0.2, 0) is 4.74 Å². The highest BCUT2D eigenvalue weighted by atomic mass is 79.9. The fraction of sp³-hybridized carbons (Fsp3) is 0.417. The summed E-state index contributed by atoms with van der Waals surface area (Å²) in [4.78, 5) is 11.6. The Kier molecular flexibility index (Phi) is 4.82. The highest BCUT2D eigenvalue weighted by Crippen LogP contribution is 2.16. The lowest BCUT2D eigenvalue weighted by atomic mass is 10.1. The number of ether oxygens (including phenoxy) is 1. The second-order valence-electron chi connectivity index (χ2n) is 3.51. The molecule has 0 N–H and O–H groups in total. The molecule has 0 saturated heterocycles. The van der Waals surface area contributed by atoms with Crippen LogP contribution in [0.25, 0.3) is 0 Å². The van der Waals surface area contributed by atoms with Gasteiger partial charge in [-0.15, -0.1) is 0 Å². The molecule has 0 amide bonds. The Labute approximate surface area is 98.8 Å². The molecule has 1 aromatic rings. The maximum Gasteiger partial charge on any atom is 0.338 e. The third-order valence-electron chi connectivity index (χ3n) is 2.01. The highest BCUT2D eigenvalue weighted by Gasteiger charge is 2.07. The summed E-state index contributed by atoms with van der Waals surface area (Å²) in [6.45, 7) is 4.52. The molecular weight excluding hydrogens is 256 g/mol. The fourth-order valence-corrected chi connectivity index (χ4v) is 1.85. The second-order valence-corrected chi connectivity index (χ2v) is 4.42. The zero-order chi connectivity index (χ0) is 11.3.